The standard InChI is InChI=1S/C46H22N2O12S2/c49-35-17-31-29-15-40(60-22-9-13-24(14-10-22)62(56,57)58)44-34-20-38(52)28-6-2-4-26-36(50)18-32(48(34)46(26)28)30-16-39(59-21-7-11-23(12-8-21)61(53,54)55)43(41(29)42(30)44)33-19-37(51)27-5-1-3-25(35)45(27)47(31)33/h1-20H,(H,53,54,55)(H,56,57,58). The number of pyridine rings is 6. The van der Waals surface area contributed by atoms with Crippen molar-refractivity contribution in [1.29, 1.82) is 0 Å². The summed E-state index contributed by atoms with van der Waals surface area (Å²) < 4.78 is 84.0. The van der Waals surface area contributed by atoms with Crippen LogP contribution in [0.5, 0.6) is 23.0 Å². The van der Waals surface area contributed by atoms with E-state index in [1.54, 1.807) is 57.3 Å². The summed E-state index contributed by atoms with van der Waals surface area (Å²) >= 11 is 0. The Morgan fingerprint density at radius 3 is 1.03 bits per heavy atom. The number of hydrogen-bond donors (Lipinski definition) is 2. The van der Waals surface area contributed by atoms with Gasteiger partial charge >= 0.3 is 0 Å². The number of rotatable bonds is 6. The first kappa shape index (κ1) is 36.1. The molecule has 0 unspecified atom stereocenters. The molecule has 0 atom stereocenters. The van der Waals surface area contributed by atoms with E-state index in [2.05, 4.69) is 0 Å². The smallest absolute Gasteiger partial charge is 0.294 e. The summed E-state index contributed by atoms with van der Waals surface area (Å²) in [4.78, 5) is 55.4. The summed E-state index contributed by atoms with van der Waals surface area (Å²) in [5.74, 6) is 0.626. The monoisotopic (exact) mass is 858 g/mol. The Kier molecular flexibility index (Phi) is 6.97. The lowest BCUT2D eigenvalue weighted by molar-refractivity contribution is 0.477. The third-order valence-corrected chi connectivity index (χ3v) is 13.4. The van der Waals surface area contributed by atoms with Crippen molar-refractivity contribution in [3.8, 4) is 23.0 Å². The van der Waals surface area contributed by atoms with Gasteiger partial charge < -0.3 is 18.3 Å². The number of benzene rings is 6. The maximum Gasteiger partial charge on any atom is 0.294 e. The molecule has 16 heteroatoms. The minimum absolute atomic E-state index is 0.149. The molecule has 62 heavy (non-hydrogen) atoms. The lowest BCUT2D eigenvalue weighted by Crippen LogP contribution is -2.14. The van der Waals surface area contributed by atoms with Gasteiger partial charge in [-0.15, -0.1) is 0 Å². The van der Waals surface area contributed by atoms with Crippen molar-refractivity contribution in [2.75, 3.05) is 0 Å². The van der Waals surface area contributed by atoms with E-state index in [9.17, 15) is 45.1 Å². The Labute approximate surface area is 345 Å². The molecule has 0 amide bonds. The Balaban J connectivity index is 1.34. The summed E-state index contributed by atoms with van der Waals surface area (Å²) in [6.07, 6.45) is 0. The van der Waals surface area contributed by atoms with Crippen LogP contribution in [0.1, 0.15) is 0 Å². The minimum atomic E-state index is -4.55. The normalized spacial score (nSPS) is 12.9. The molecule has 0 spiro atoms. The van der Waals surface area contributed by atoms with Crippen molar-refractivity contribution < 1.29 is 35.4 Å². The highest BCUT2D eigenvalue weighted by atomic mass is 32.2. The van der Waals surface area contributed by atoms with Gasteiger partial charge in [0.05, 0.1) is 53.7 Å². The van der Waals surface area contributed by atoms with Gasteiger partial charge in [0.25, 0.3) is 20.2 Å². The van der Waals surface area contributed by atoms with E-state index in [0.717, 1.165) is 0 Å². The molecule has 0 aliphatic rings. The van der Waals surface area contributed by atoms with E-state index >= 15 is 0 Å². The highest BCUT2D eigenvalue weighted by Crippen LogP contribution is 2.51. The predicted octanol–water partition coefficient (Wildman–Crippen LogP) is 7.53. The van der Waals surface area contributed by atoms with Crippen molar-refractivity contribution in [2.45, 2.75) is 9.79 Å². The van der Waals surface area contributed by atoms with Gasteiger partial charge in [0.2, 0.25) is 0 Å². The Hall–Kier alpha value is -7.76. The lowest BCUT2D eigenvalue weighted by atomic mass is 9.90. The minimum Gasteiger partial charge on any atom is -0.457 e. The van der Waals surface area contributed by atoms with E-state index in [-0.39, 0.29) is 76.0 Å². The third-order valence-electron chi connectivity index (χ3n) is 11.7. The lowest BCUT2D eigenvalue weighted by Gasteiger charge is -2.25. The third kappa shape index (κ3) is 4.85. The summed E-state index contributed by atoms with van der Waals surface area (Å²) in [5.41, 5.74) is 0.605. The molecule has 0 saturated carbocycles. The molecule has 0 saturated heterocycles. The summed E-state index contributed by atoms with van der Waals surface area (Å²) in [7, 11) is -9.10. The van der Waals surface area contributed by atoms with E-state index in [1.807, 2.05) is 0 Å². The number of ether oxygens (including phenoxy) is 2. The van der Waals surface area contributed by atoms with Crippen LogP contribution in [0.3, 0.4) is 0 Å². The number of aromatic nitrogens is 2. The molecule has 2 N–H and O–H groups in total. The first-order valence-corrected chi connectivity index (χ1v) is 21.6. The number of hydrogen-bond acceptors (Lipinski definition) is 10. The molecule has 6 aromatic heterocycles. The van der Waals surface area contributed by atoms with Gasteiger partial charge in [0, 0.05) is 67.4 Å². The average Bonchev–Trinajstić information content (AvgIpc) is 3.23. The van der Waals surface area contributed by atoms with Crippen LogP contribution in [0, 0.1) is 0 Å². The van der Waals surface area contributed by atoms with Crippen molar-refractivity contribution >= 4 is 107 Å². The van der Waals surface area contributed by atoms with Gasteiger partial charge in [0.15, 0.2) is 21.7 Å². The molecule has 6 aromatic carbocycles. The predicted molar refractivity (Wildman–Crippen MR) is 233 cm³/mol. The van der Waals surface area contributed by atoms with E-state index < -0.39 is 20.2 Å². The van der Waals surface area contributed by atoms with E-state index in [4.69, 9.17) is 9.47 Å². The molecule has 0 fully saturated rings. The zero-order valence-electron chi connectivity index (χ0n) is 31.2. The van der Waals surface area contributed by atoms with Crippen molar-refractivity contribution in [1.82, 2.24) is 8.80 Å². The molecular weight excluding hydrogens is 837 g/mol. The Bertz CT molecular complexity index is 4140. The van der Waals surface area contributed by atoms with Gasteiger partial charge in [0.1, 0.15) is 23.0 Å². The second kappa shape index (κ2) is 12.0. The first-order valence-electron chi connectivity index (χ1n) is 18.8. The Morgan fingerprint density at radius 2 is 0.710 bits per heavy atom. The molecular formula is C46H22N2O12S2. The van der Waals surface area contributed by atoms with Crippen molar-refractivity contribution in [2.24, 2.45) is 0 Å². The molecule has 300 valence electrons. The maximum absolute atomic E-state index is 14.1. The SMILES string of the molecule is O=c1cc2c3cc(Oc4ccc(S(=O)(=O)O)cc4)c4c5c(cc(Oc6ccc(S(=O)(=O)O)cc6)c(c35)c3cc(=O)c5cccc1c5n23)c1cc(=O)c2cccc3c(=O)cc4n1c23. The quantitative estimate of drug-likeness (QED) is 0.0946. The van der Waals surface area contributed by atoms with Crippen LogP contribution < -0.4 is 31.2 Å². The van der Waals surface area contributed by atoms with Crippen LogP contribution in [0.4, 0.5) is 0 Å². The molecule has 0 aliphatic carbocycles. The van der Waals surface area contributed by atoms with Gasteiger partial charge in [-0.25, -0.2) is 0 Å². The number of fused-ring (bicyclic) bond motifs is 4. The van der Waals surface area contributed by atoms with Crippen LogP contribution in [0.15, 0.2) is 150 Å². The van der Waals surface area contributed by atoms with E-state index in [0.29, 0.717) is 65.4 Å². The summed E-state index contributed by atoms with van der Waals surface area (Å²) in [5, 5.41) is 3.64. The molecule has 0 aliphatic heterocycles. The van der Waals surface area contributed by atoms with Gasteiger partial charge in [-0.3, -0.25) is 28.3 Å². The first-order chi connectivity index (χ1) is 29.7. The largest absolute Gasteiger partial charge is 0.457 e. The second-order valence-corrected chi connectivity index (χ2v) is 17.9. The van der Waals surface area contributed by atoms with Gasteiger partial charge in [-0.1, -0.05) is 12.1 Å². The fourth-order valence-electron chi connectivity index (χ4n) is 9.21. The zero-order valence-corrected chi connectivity index (χ0v) is 32.9. The number of para-hydroxylation sites is 2. The average molecular weight is 859 g/mol. The molecule has 14 nitrogen and oxygen atoms in total. The highest BCUT2D eigenvalue weighted by molar-refractivity contribution is 7.86. The van der Waals surface area contributed by atoms with Crippen LogP contribution in [0.25, 0.3) is 87.0 Å². The summed E-state index contributed by atoms with van der Waals surface area (Å²) in [6.45, 7) is 0. The van der Waals surface area contributed by atoms with Crippen molar-refractivity contribution in [3.05, 3.63) is 162 Å². The van der Waals surface area contributed by atoms with Crippen LogP contribution in [-0.4, -0.2) is 34.7 Å². The highest BCUT2D eigenvalue weighted by Gasteiger charge is 2.28. The Morgan fingerprint density at radius 1 is 0.387 bits per heavy atom. The fraction of sp³-hybridized carbons (Fsp3) is 0. The van der Waals surface area contributed by atoms with Gasteiger partial charge in [-0.2, -0.15) is 16.8 Å². The fourth-order valence-corrected chi connectivity index (χ4v) is 10.2. The molecule has 12 rings (SSSR count). The molecule has 6 heterocycles. The van der Waals surface area contributed by atoms with Crippen LogP contribution >= 0.6 is 0 Å². The summed E-state index contributed by atoms with van der Waals surface area (Å²) in [6, 6.07) is 29.0. The maximum atomic E-state index is 14.1. The van der Waals surface area contributed by atoms with Gasteiger partial charge in [-0.05, 0) is 84.9 Å². The van der Waals surface area contributed by atoms with Crippen molar-refractivity contribution in [3.63, 3.8) is 0 Å². The van der Waals surface area contributed by atoms with E-state index in [1.165, 1.54) is 72.8 Å². The van der Waals surface area contributed by atoms with Crippen LogP contribution in [0.2, 0.25) is 0 Å². The van der Waals surface area contributed by atoms with Crippen LogP contribution in [-0.2, 0) is 20.2 Å². The second-order valence-electron chi connectivity index (χ2n) is 15.1. The molecule has 12 aromatic rings. The zero-order chi connectivity index (χ0) is 42.7. The topological polar surface area (TPSA) is 204 Å². The molecule has 0 bridgehead atoms. The molecule has 0 radical (unpaired) electrons. The number of nitrogens with zero attached hydrogens (tertiary/aromatic N) is 2.